The number of hydrogen-bond donors (Lipinski definition) is 2. The first-order valence-electron chi connectivity index (χ1n) is 5.48. The molecule has 3 N–H and O–H groups in total. The molecule has 7 heteroatoms. The van der Waals surface area contributed by atoms with Crippen LogP contribution in [-0.2, 0) is 13.1 Å². The van der Waals surface area contributed by atoms with Crippen LogP contribution in [0.15, 0.2) is 24.4 Å². The maximum absolute atomic E-state index is 5.92. The summed E-state index contributed by atoms with van der Waals surface area (Å²) in [6.07, 6.45) is 1.81. The fourth-order valence-corrected chi connectivity index (χ4v) is 1.94. The number of rotatable bonds is 3. The summed E-state index contributed by atoms with van der Waals surface area (Å²) >= 11 is 5.92. The van der Waals surface area contributed by atoms with Crippen LogP contribution in [0.2, 0.25) is 5.02 Å². The molecule has 0 aliphatic carbocycles. The van der Waals surface area contributed by atoms with Crippen LogP contribution in [0, 0.1) is 0 Å². The second-order valence-electron chi connectivity index (χ2n) is 3.96. The van der Waals surface area contributed by atoms with Gasteiger partial charge in [0.1, 0.15) is 12.4 Å². The minimum Gasteiger partial charge on any atom is -0.340 e. The van der Waals surface area contributed by atoms with Gasteiger partial charge in [-0.3, -0.25) is 0 Å². The van der Waals surface area contributed by atoms with Gasteiger partial charge in [0.05, 0.1) is 22.9 Å². The third kappa shape index (κ3) is 2.07. The van der Waals surface area contributed by atoms with E-state index in [0.717, 1.165) is 22.6 Å². The maximum atomic E-state index is 5.92. The number of H-pyrrole nitrogens is 1. The van der Waals surface area contributed by atoms with E-state index in [4.69, 9.17) is 17.3 Å². The Labute approximate surface area is 108 Å². The third-order valence-electron chi connectivity index (χ3n) is 2.60. The van der Waals surface area contributed by atoms with Gasteiger partial charge in [0, 0.05) is 11.6 Å². The average molecular weight is 263 g/mol. The first-order chi connectivity index (χ1) is 8.74. The van der Waals surface area contributed by atoms with E-state index in [0.29, 0.717) is 18.1 Å². The number of nitrogens with one attached hydrogen (secondary N) is 1. The van der Waals surface area contributed by atoms with Gasteiger partial charge in [-0.15, -0.1) is 5.10 Å². The van der Waals surface area contributed by atoms with Gasteiger partial charge in [0.15, 0.2) is 0 Å². The van der Waals surface area contributed by atoms with Crippen LogP contribution in [0.3, 0.4) is 0 Å². The first kappa shape index (κ1) is 11.2. The normalized spacial score (nSPS) is 11.2. The number of halogens is 1. The second-order valence-corrected chi connectivity index (χ2v) is 4.39. The van der Waals surface area contributed by atoms with Gasteiger partial charge in [-0.05, 0) is 18.2 Å². The molecule has 3 aromatic rings. The average Bonchev–Trinajstić information content (AvgIpc) is 2.95. The minimum atomic E-state index is 0.385. The van der Waals surface area contributed by atoms with Crippen LogP contribution in [0.5, 0.6) is 0 Å². The van der Waals surface area contributed by atoms with Crippen LogP contribution in [0.25, 0.3) is 11.0 Å². The van der Waals surface area contributed by atoms with Crippen molar-refractivity contribution in [2.75, 3.05) is 0 Å². The van der Waals surface area contributed by atoms with Crippen LogP contribution in [-0.4, -0.2) is 25.0 Å². The molecule has 0 saturated carbocycles. The van der Waals surface area contributed by atoms with E-state index in [9.17, 15) is 0 Å². The highest BCUT2D eigenvalue weighted by Gasteiger charge is 2.05. The molecule has 0 saturated heterocycles. The van der Waals surface area contributed by atoms with Crippen LogP contribution >= 0.6 is 11.6 Å². The van der Waals surface area contributed by atoms with Gasteiger partial charge in [-0.2, -0.15) is 0 Å². The Morgan fingerprint density at radius 2 is 2.28 bits per heavy atom. The van der Waals surface area contributed by atoms with E-state index in [1.165, 1.54) is 0 Å². The zero-order chi connectivity index (χ0) is 12.5. The number of aromatic amines is 1. The Morgan fingerprint density at radius 1 is 1.39 bits per heavy atom. The Kier molecular flexibility index (Phi) is 2.73. The fourth-order valence-electron chi connectivity index (χ4n) is 1.77. The molecule has 6 nitrogen and oxygen atoms in total. The molecule has 0 atom stereocenters. The Balaban J connectivity index is 1.90. The number of nitrogens with zero attached hydrogens (tertiary/aromatic N) is 4. The molecule has 2 aromatic heterocycles. The van der Waals surface area contributed by atoms with Crippen LogP contribution in [0.1, 0.15) is 11.5 Å². The van der Waals surface area contributed by atoms with E-state index in [1.54, 1.807) is 10.9 Å². The molecular formula is C11H11ClN6. The predicted molar refractivity (Wildman–Crippen MR) is 68.1 cm³/mol. The number of hydrogen-bond acceptors (Lipinski definition) is 4. The van der Waals surface area contributed by atoms with Gasteiger partial charge in [0.25, 0.3) is 0 Å². The molecule has 0 aliphatic rings. The number of nitrogens with two attached hydrogens (primary N) is 1. The van der Waals surface area contributed by atoms with E-state index in [1.807, 2.05) is 18.2 Å². The monoisotopic (exact) mass is 262 g/mol. The zero-order valence-corrected chi connectivity index (χ0v) is 10.2. The molecule has 0 amide bonds. The van der Waals surface area contributed by atoms with E-state index in [2.05, 4.69) is 20.3 Å². The quantitative estimate of drug-likeness (QED) is 0.745. The Bertz CT molecular complexity index is 686. The Hall–Kier alpha value is -1.92. The Morgan fingerprint density at radius 3 is 3.06 bits per heavy atom. The summed E-state index contributed by atoms with van der Waals surface area (Å²) < 4.78 is 1.70. The van der Waals surface area contributed by atoms with Gasteiger partial charge >= 0.3 is 0 Å². The molecule has 0 radical (unpaired) electrons. The highest BCUT2D eigenvalue weighted by Crippen LogP contribution is 2.17. The highest BCUT2D eigenvalue weighted by molar-refractivity contribution is 6.31. The van der Waals surface area contributed by atoms with E-state index in [-0.39, 0.29) is 0 Å². The van der Waals surface area contributed by atoms with Crippen molar-refractivity contribution in [2.45, 2.75) is 13.1 Å². The molecule has 0 bridgehead atoms. The van der Waals surface area contributed by atoms with Crippen molar-refractivity contribution in [3.63, 3.8) is 0 Å². The lowest BCUT2D eigenvalue weighted by molar-refractivity contribution is 0.630. The molecule has 0 spiro atoms. The molecule has 0 fully saturated rings. The summed E-state index contributed by atoms with van der Waals surface area (Å²) in [5.74, 6) is 0.806. The fraction of sp³-hybridized carbons (Fsp3) is 0.182. The lowest BCUT2D eigenvalue weighted by Crippen LogP contribution is -2.02. The molecule has 92 valence electrons. The molecule has 2 heterocycles. The SMILES string of the molecule is NCc1cn(Cc2nc3ccc(Cl)cc3[nH]2)nn1. The second kappa shape index (κ2) is 4.40. The smallest absolute Gasteiger partial charge is 0.129 e. The lowest BCUT2D eigenvalue weighted by Gasteiger charge is -1.94. The molecule has 0 unspecified atom stereocenters. The van der Waals surface area contributed by atoms with Crippen LogP contribution < -0.4 is 5.73 Å². The lowest BCUT2D eigenvalue weighted by atomic mass is 10.3. The van der Waals surface area contributed by atoms with Gasteiger partial charge < -0.3 is 10.7 Å². The summed E-state index contributed by atoms with van der Waals surface area (Å²) in [5.41, 5.74) is 8.04. The van der Waals surface area contributed by atoms with Crippen molar-refractivity contribution in [2.24, 2.45) is 5.73 Å². The maximum Gasteiger partial charge on any atom is 0.129 e. The minimum absolute atomic E-state index is 0.385. The molecular weight excluding hydrogens is 252 g/mol. The van der Waals surface area contributed by atoms with Gasteiger partial charge in [-0.1, -0.05) is 16.8 Å². The number of fused-ring (bicyclic) bond motifs is 1. The first-order valence-corrected chi connectivity index (χ1v) is 5.85. The molecule has 1 aromatic carbocycles. The summed E-state index contributed by atoms with van der Waals surface area (Å²) in [7, 11) is 0. The van der Waals surface area contributed by atoms with Crippen molar-refractivity contribution in [1.82, 2.24) is 25.0 Å². The van der Waals surface area contributed by atoms with Gasteiger partial charge in [0.2, 0.25) is 0 Å². The summed E-state index contributed by atoms with van der Waals surface area (Å²) in [5, 5.41) is 8.58. The van der Waals surface area contributed by atoms with Crippen molar-refractivity contribution < 1.29 is 0 Å². The third-order valence-corrected chi connectivity index (χ3v) is 2.84. The highest BCUT2D eigenvalue weighted by atomic mass is 35.5. The summed E-state index contributed by atoms with van der Waals surface area (Å²) in [6, 6.07) is 5.54. The van der Waals surface area contributed by atoms with Crippen molar-refractivity contribution in [3.8, 4) is 0 Å². The predicted octanol–water partition coefficient (Wildman–Crippen LogP) is 1.31. The number of benzene rings is 1. The van der Waals surface area contributed by atoms with Crippen LogP contribution in [0.4, 0.5) is 0 Å². The number of imidazole rings is 1. The van der Waals surface area contributed by atoms with Crippen molar-refractivity contribution in [3.05, 3.63) is 40.9 Å². The van der Waals surface area contributed by atoms with Crippen molar-refractivity contribution >= 4 is 22.6 Å². The van der Waals surface area contributed by atoms with E-state index >= 15 is 0 Å². The van der Waals surface area contributed by atoms with Crippen molar-refractivity contribution in [1.29, 1.82) is 0 Å². The molecule has 18 heavy (non-hydrogen) atoms. The topological polar surface area (TPSA) is 85.4 Å². The summed E-state index contributed by atoms with van der Waals surface area (Å²) in [6.45, 7) is 0.912. The largest absolute Gasteiger partial charge is 0.340 e. The number of aromatic nitrogens is 5. The van der Waals surface area contributed by atoms with E-state index < -0.39 is 0 Å². The van der Waals surface area contributed by atoms with Gasteiger partial charge in [-0.25, -0.2) is 9.67 Å². The zero-order valence-electron chi connectivity index (χ0n) is 9.47. The molecule has 3 rings (SSSR count). The molecule has 0 aliphatic heterocycles. The summed E-state index contributed by atoms with van der Waals surface area (Å²) in [4.78, 5) is 7.65. The standard InChI is InChI=1S/C11H11ClN6/c12-7-1-2-9-10(3-7)15-11(14-9)6-18-5-8(4-13)16-17-18/h1-3,5H,4,6,13H2,(H,14,15).